The summed E-state index contributed by atoms with van der Waals surface area (Å²) in [5, 5.41) is 3.47. The molecule has 0 spiro atoms. The third-order valence-corrected chi connectivity index (χ3v) is 2.34. The Labute approximate surface area is 93.3 Å². The molecule has 0 bridgehead atoms. The average molecular weight is 206 g/mol. The minimum atomic E-state index is 0.705. The minimum Gasteiger partial charge on any atom is -0.377 e. The van der Waals surface area contributed by atoms with E-state index in [1.807, 2.05) is 0 Å². The van der Waals surface area contributed by atoms with Crippen molar-refractivity contribution < 1.29 is 0 Å². The van der Waals surface area contributed by atoms with Crippen LogP contribution < -0.4 is 10.2 Å². The molecule has 0 radical (unpaired) electrons. The molecule has 2 heteroatoms. The zero-order chi connectivity index (χ0) is 11.3. The van der Waals surface area contributed by atoms with E-state index in [0.717, 1.165) is 13.1 Å². The second kappa shape index (κ2) is 5.76. The number of nitrogens with zero attached hydrogens (tertiary/aromatic N) is 1. The summed E-state index contributed by atoms with van der Waals surface area (Å²) in [6, 6.07) is 8.52. The number of hydrogen-bond donors (Lipinski definition) is 1. The van der Waals surface area contributed by atoms with E-state index >= 15 is 0 Å². The molecule has 2 nitrogen and oxygen atoms in total. The molecule has 0 fully saturated rings. The van der Waals surface area contributed by atoms with Gasteiger partial charge in [-0.25, -0.2) is 0 Å². The summed E-state index contributed by atoms with van der Waals surface area (Å²) in [6.45, 7) is 6.48. The smallest absolute Gasteiger partial charge is 0.0406 e. The number of rotatable bonds is 5. The average Bonchev–Trinajstić information content (AvgIpc) is 2.17. The Balaban J connectivity index is 2.59. The van der Waals surface area contributed by atoms with Crippen LogP contribution in [0.5, 0.6) is 0 Å². The highest BCUT2D eigenvalue weighted by molar-refractivity contribution is 5.52. The number of hydrogen-bond acceptors (Lipinski definition) is 2. The highest BCUT2D eigenvalue weighted by atomic mass is 15.1. The maximum absolute atomic E-state index is 3.47. The second-order valence-corrected chi connectivity index (χ2v) is 4.55. The molecule has 0 saturated heterocycles. The van der Waals surface area contributed by atoms with Gasteiger partial charge in [0.05, 0.1) is 0 Å². The Bertz CT molecular complexity index is 292. The lowest BCUT2D eigenvalue weighted by Crippen LogP contribution is -2.21. The lowest BCUT2D eigenvalue weighted by atomic mass is 10.1. The summed E-state index contributed by atoms with van der Waals surface area (Å²) in [6.07, 6.45) is 0. The van der Waals surface area contributed by atoms with Crippen LogP contribution in [0.25, 0.3) is 0 Å². The number of anilines is 1. The van der Waals surface area contributed by atoms with E-state index in [-0.39, 0.29) is 0 Å². The van der Waals surface area contributed by atoms with Gasteiger partial charge < -0.3 is 10.2 Å². The van der Waals surface area contributed by atoms with E-state index in [1.54, 1.807) is 0 Å². The first-order valence-corrected chi connectivity index (χ1v) is 5.57. The van der Waals surface area contributed by atoms with Gasteiger partial charge in [0, 0.05) is 26.3 Å². The van der Waals surface area contributed by atoms with Crippen molar-refractivity contribution in [2.24, 2.45) is 5.92 Å². The Morgan fingerprint density at radius 1 is 1.20 bits per heavy atom. The molecule has 0 saturated carbocycles. The SMILES string of the molecule is CC(C)CNCc1ccccc1N(C)C. The zero-order valence-electron chi connectivity index (χ0n) is 10.2. The monoisotopic (exact) mass is 206 g/mol. The zero-order valence-corrected chi connectivity index (χ0v) is 10.2. The van der Waals surface area contributed by atoms with Crippen LogP contribution in [0.2, 0.25) is 0 Å². The summed E-state index contributed by atoms with van der Waals surface area (Å²) in [5.41, 5.74) is 2.66. The van der Waals surface area contributed by atoms with Crippen molar-refractivity contribution in [1.29, 1.82) is 0 Å². The van der Waals surface area contributed by atoms with Gasteiger partial charge in [0.25, 0.3) is 0 Å². The first kappa shape index (κ1) is 12.1. The van der Waals surface area contributed by atoms with Crippen LogP contribution in [0.4, 0.5) is 5.69 Å². The topological polar surface area (TPSA) is 15.3 Å². The predicted molar refractivity (Wildman–Crippen MR) is 67.3 cm³/mol. The van der Waals surface area contributed by atoms with E-state index in [0.29, 0.717) is 5.92 Å². The van der Waals surface area contributed by atoms with Crippen LogP contribution in [0.1, 0.15) is 19.4 Å². The van der Waals surface area contributed by atoms with Crippen molar-refractivity contribution in [3.63, 3.8) is 0 Å². The van der Waals surface area contributed by atoms with E-state index in [4.69, 9.17) is 0 Å². The Morgan fingerprint density at radius 2 is 1.87 bits per heavy atom. The van der Waals surface area contributed by atoms with E-state index < -0.39 is 0 Å². The maximum atomic E-state index is 3.47. The van der Waals surface area contributed by atoms with E-state index in [9.17, 15) is 0 Å². The molecule has 15 heavy (non-hydrogen) atoms. The fourth-order valence-corrected chi connectivity index (χ4v) is 1.59. The third-order valence-electron chi connectivity index (χ3n) is 2.34. The van der Waals surface area contributed by atoms with Gasteiger partial charge in [-0.2, -0.15) is 0 Å². The quantitative estimate of drug-likeness (QED) is 0.796. The van der Waals surface area contributed by atoms with Gasteiger partial charge in [-0.3, -0.25) is 0 Å². The molecule has 0 atom stereocenters. The Hall–Kier alpha value is -1.02. The first-order chi connectivity index (χ1) is 7.11. The molecule has 0 aliphatic carbocycles. The summed E-state index contributed by atoms with van der Waals surface area (Å²) in [5.74, 6) is 0.705. The molecule has 0 aliphatic rings. The molecule has 1 N–H and O–H groups in total. The largest absolute Gasteiger partial charge is 0.377 e. The van der Waals surface area contributed by atoms with Crippen molar-refractivity contribution in [1.82, 2.24) is 5.32 Å². The van der Waals surface area contributed by atoms with Crippen LogP contribution in [-0.4, -0.2) is 20.6 Å². The van der Waals surface area contributed by atoms with Gasteiger partial charge >= 0.3 is 0 Å². The number of para-hydroxylation sites is 1. The fourth-order valence-electron chi connectivity index (χ4n) is 1.59. The maximum Gasteiger partial charge on any atom is 0.0406 e. The van der Waals surface area contributed by atoms with E-state index in [2.05, 4.69) is 62.4 Å². The van der Waals surface area contributed by atoms with Gasteiger partial charge in [0.1, 0.15) is 0 Å². The van der Waals surface area contributed by atoms with Crippen molar-refractivity contribution >= 4 is 5.69 Å². The summed E-state index contributed by atoms with van der Waals surface area (Å²) in [4.78, 5) is 2.16. The predicted octanol–water partition coefficient (Wildman–Crippen LogP) is 2.50. The minimum absolute atomic E-state index is 0.705. The molecule has 1 rings (SSSR count). The van der Waals surface area contributed by atoms with Gasteiger partial charge in [-0.15, -0.1) is 0 Å². The summed E-state index contributed by atoms with van der Waals surface area (Å²) >= 11 is 0. The van der Waals surface area contributed by atoms with Crippen molar-refractivity contribution in [2.75, 3.05) is 25.5 Å². The molecular weight excluding hydrogens is 184 g/mol. The first-order valence-electron chi connectivity index (χ1n) is 5.57. The molecule has 0 aromatic heterocycles. The molecule has 1 aromatic carbocycles. The van der Waals surface area contributed by atoms with Crippen molar-refractivity contribution in [2.45, 2.75) is 20.4 Å². The third kappa shape index (κ3) is 3.92. The lowest BCUT2D eigenvalue weighted by Gasteiger charge is -2.18. The standard InChI is InChI=1S/C13H22N2/c1-11(2)9-14-10-12-7-5-6-8-13(12)15(3)4/h5-8,11,14H,9-10H2,1-4H3. The van der Waals surface area contributed by atoms with Gasteiger partial charge in [-0.05, 0) is 24.1 Å². The fraction of sp³-hybridized carbons (Fsp3) is 0.538. The highest BCUT2D eigenvalue weighted by Crippen LogP contribution is 2.17. The Morgan fingerprint density at radius 3 is 2.47 bits per heavy atom. The normalized spacial score (nSPS) is 10.7. The van der Waals surface area contributed by atoms with Crippen LogP contribution in [0.3, 0.4) is 0 Å². The molecule has 0 aliphatic heterocycles. The van der Waals surface area contributed by atoms with Crippen LogP contribution in [-0.2, 0) is 6.54 Å². The molecule has 1 aromatic rings. The van der Waals surface area contributed by atoms with Crippen molar-refractivity contribution in [3.8, 4) is 0 Å². The number of benzene rings is 1. The number of nitrogens with one attached hydrogen (secondary N) is 1. The van der Waals surface area contributed by atoms with Crippen LogP contribution in [0.15, 0.2) is 24.3 Å². The second-order valence-electron chi connectivity index (χ2n) is 4.55. The summed E-state index contributed by atoms with van der Waals surface area (Å²) in [7, 11) is 4.17. The van der Waals surface area contributed by atoms with Gasteiger partial charge in [0.15, 0.2) is 0 Å². The summed E-state index contributed by atoms with van der Waals surface area (Å²) < 4.78 is 0. The van der Waals surface area contributed by atoms with Crippen molar-refractivity contribution in [3.05, 3.63) is 29.8 Å². The molecule has 84 valence electrons. The van der Waals surface area contributed by atoms with Crippen LogP contribution in [0, 0.1) is 5.92 Å². The molecular formula is C13H22N2. The van der Waals surface area contributed by atoms with E-state index in [1.165, 1.54) is 11.3 Å². The van der Waals surface area contributed by atoms with Gasteiger partial charge in [0.2, 0.25) is 0 Å². The van der Waals surface area contributed by atoms with Gasteiger partial charge in [-0.1, -0.05) is 32.0 Å². The van der Waals surface area contributed by atoms with Crippen LogP contribution >= 0.6 is 0 Å². The molecule has 0 amide bonds. The molecule has 0 heterocycles. The lowest BCUT2D eigenvalue weighted by molar-refractivity contribution is 0.552. The Kier molecular flexibility index (Phi) is 4.63. The highest BCUT2D eigenvalue weighted by Gasteiger charge is 2.02. The molecule has 0 unspecified atom stereocenters.